The van der Waals surface area contributed by atoms with E-state index in [1.54, 1.807) is 49.6 Å². The van der Waals surface area contributed by atoms with Crippen molar-refractivity contribution in [1.82, 2.24) is 4.98 Å². The molecule has 2 aromatic carbocycles. The van der Waals surface area contributed by atoms with Crippen LogP contribution in [-0.4, -0.2) is 20.4 Å². The van der Waals surface area contributed by atoms with Crippen LogP contribution in [0.3, 0.4) is 0 Å². The van der Waals surface area contributed by atoms with Gasteiger partial charge in [-0.25, -0.2) is 13.4 Å². The third-order valence-corrected chi connectivity index (χ3v) is 6.25. The van der Waals surface area contributed by atoms with E-state index >= 15 is 0 Å². The van der Waals surface area contributed by atoms with Crippen LogP contribution in [0, 0.1) is 25.2 Å². The van der Waals surface area contributed by atoms with E-state index < -0.39 is 10.0 Å². The number of hydrogen-bond donors (Lipinski definition) is 0. The Labute approximate surface area is 159 Å². The van der Waals surface area contributed by atoms with E-state index in [-0.39, 0.29) is 4.90 Å². The van der Waals surface area contributed by atoms with Gasteiger partial charge in [0.05, 0.1) is 10.6 Å². The van der Waals surface area contributed by atoms with Crippen molar-refractivity contribution < 1.29 is 8.42 Å². The predicted octanol–water partition coefficient (Wildman–Crippen LogP) is 4.06. The van der Waals surface area contributed by atoms with E-state index in [1.165, 1.54) is 4.31 Å². The molecule has 0 saturated carbocycles. The van der Waals surface area contributed by atoms with Crippen LogP contribution >= 0.6 is 0 Å². The second-order valence-corrected chi connectivity index (χ2v) is 8.30. The Morgan fingerprint density at radius 2 is 1.70 bits per heavy atom. The van der Waals surface area contributed by atoms with Crippen LogP contribution in [0.25, 0.3) is 11.1 Å². The smallest absolute Gasteiger partial charge is 0.264 e. The van der Waals surface area contributed by atoms with Gasteiger partial charge in [0.15, 0.2) is 0 Å². The normalized spacial score (nSPS) is 11.0. The largest absolute Gasteiger partial charge is 0.269 e. The summed E-state index contributed by atoms with van der Waals surface area (Å²) in [5.41, 5.74) is 4.59. The molecule has 0 aliphatic heterocycles. The average molecular weight is 377 g/mol. The molecule has 27 heavy (non-hydrogen) atoms. The first-order valence-electron chi connectivity index (χ1n) is 8.36. The van der Waals surface area contributed by atoms with Gasteiger partial charge in [-0.3, -0.25) is 4.31 Å². The number of nitrogens with zero attached hydrogens (tertiary/aromatic N) is 3. The Balaban J connectivity index is 2.02. The van der Waals surface area contributed by atoms with Crippen LogP contribution in [0.1, 0.15) is 16.8 Å². The molecule has 0 fully saturated rings. The maximum absolute atomic E-state index is 12.9. The van der Waals surface area contributed by atoms with E-state index in [9.17, 15) is 8.42 Å². The van der Waals surface area contributed by atoms with E-state index in [2.05, 4.69) is 4.98 Å². The lowest BCUT2D eigenvalue weighted by Crippen LogP contribution is -2.26. The summed E-state index contributed by atoms with van der Waals surface area (Å²) in [5.74, 6) is 0. The number of anilines is 1. The zero-order chi connectivity index (χ0) is 19.6. The third-order valence-electron chi connectivity index (χ3n) is 4.45. The first kappa shape index (κ1) is 18.6. The second kappa shape index (κ2) is 7.22. The van der Waals surface area contributed by atoms with Crippen molar-refractivity contribution in [2.75, 3.05) is 11.4 Å². The molecular weight excluding hydrogens is 358 g/mol. The highest BCUT2D eigenvalue weighted by Gasteiger charge is 2.21. The van der Waals surface area contributed by atoms with Crippen LogP contribution in [0.2, 0.25) is 0 Å². The van der Waals surface area contributed by atoms with E-state index in [4.69, 9.17) is 5.26 Å². The van der Waals surface area contributed by atoms with E-state index in [0.717, 1.165) is 22.3 Å². The van der Waals surface area contributed by atoms with Crippen LogP contribution in [0.15, 0.2) is 65.7 Å². The monoisotopic (exact) mass is 377 g/mol. The number of sulfonamides is 1. The number of hydrogen-bond acceptors (Lipinski definition) is 4. The van der Waals surface area contributed by atoms with Crippen molar-refractivity contribution in [2.45, 2.75) is 18.7 Å². The van der Waals surface area contributed by atoms with Crippen LogP contribution in [-0.2, 0) is 10.0 Å². The molecular formula is C21H19N3O2S. The van der Waals surface area contributed by atoms with Gasteiger partial charge in [-0.1, -0.05) is 23.8 Å². The SMILES string of the molecule is Cc1ccc(S(=O)(=O)N(C)c2ccc(C)c(-c3ccc(C#N)nc3)c2)cc1. The molecule has 0 saturated heterocycles. The summed E-state index contributed by atoms with van der Waals surface area (Å²) in [7, 11) is -2.11. The number of pyridine rings is 1. The number of benzene rings is 2. The van der Waals surface area contributed by atoms with Gasteiger partial charge in [-0.05, 0) is 61.4 Å². The van der Waals surface area contributed by atoms with Crippen molar-refractivity contribution in [1.29, 1.82) is 5.26 Å². The minimum Gasteiger partial charge on any atom is -0.269 e. The Kier molecular flexibility index (Phi) is 4.98. The predicted molar refractivity (Wildman–Crippen MR) is 106 cm³/mol. The van der Waals surface area contributed by atoms with Gasteiger partial charge in [0, 0.05) is 18.8 Å². The van der Waals surface area contributed by atoms with Crippen LogP contribution in [0.4, 0.5) is 5.69 Å². The summed E-state index contributed by atoms with van der Waals surface area (Å²) < 4.78 is 27.2. The van der Waals surface area contributed by atoms with Gasteiger partial charge in [0.1, 0.15) is 11.8 Å². The number of aryl methyl sites for hydroxylation is 2. The molecule has 3 rings (SSSR count). The molecule has 0 radical (unpaired) electrons. The van der Waals surface area contributed by atoms with E-state index in [0.29, 0.717) is 11.4 Å². The number of rotatable bonds is 4. The van der Waals surface area contributed by atoms with Crippen molar-refractivity contribution in [3.63, 3.8) is 0 Å². The van der Waals surface area contributed by atoms with Crippen molar-refractivity contribution >= 4 is 15.7 Å². The molecule has 1 aromatic heterocycles. The molecule has 3 aromatic rings. The van der Waals surface area contributed by atoms with Crippen LogP contribution in [0.5, 0.6) is 0 Å². The topological polar surface area (TPSA) is 74.1 Å². The molecule has 0 atom stereocenters. The summed E-state index contributed by atoms with van der Waals surface area (Å²) in [4.78, 5) is 4.35. The highest BCUT2D eigenvalue weighted by atomic mass is 32.2. The van der Waals surface area contributed by atoms with Gasteiger partial charge >= 0.3 is 0 Å². The summed E-state index contributed by atoms with van der Waals surface area (Å²) in [5, 5.41) is 8.90. The zero-order valence-corrected chi connectivity index (χ0v) is 16.2. The fraction of sp³-hybridized carbons (Fsp3) is 0.143. The molecule has 1 heterocycles. The standard InChI is InChI=1S/C21H19N3O2S/c1-15-4-10-20(11-5-15)27(25,26)24(3)19-9-6-16(2)21(12-19)17-7-8-18(13-22)23-14-17/h4-12,14H,1-3H3. The first-order valence-corrected chi connectivity index (χ1v) is 9.80. The molecule has 0 spiro atoms. The molecule has 0 bridgehead atoms. The lowest BCUT2D eigenvalue weighted by Gasteiger charge is -2.21. The number of aromatic nitrogens is 1. The molecule has 0 aliphatic rings. The van der Waals surface area contributed by atoms with Crippen molar-refractivity contribution in [3.8, 4) is 17.2 Å². The Morgan fingerprint density at radius 3 is 2.30 bits per heavy atom. The van der Waals surface area contributed by atoms with Gasteiger partial charge in [-0.2, -0.15) is 5.26 Å². The molecule has 0 amide bonds. The third kappa shape index (κ3) is 3.69. The fourth-order valence-electron chi connectivity index (χ4n) is 2.74. The Morgan fingerprint density at radius 1 is 1.00 bits per heavy atom. The summed E-state index contributed by atoms with van der Waals surface area (Å²) in [6, 6.07) is 17.7. The van der Waals surface area contributed by atoms with Gasteiger partial charge in [-0.15, -0.1) is 0 Å². The second-order valence-electron chi connectivity index (χ2n) is 6.33. The molecule has 0 N–H and O–H groups in total. The summed E-state index contributed by atoms with van der Waals surface area (Å²) in [6.45, 7) is 3.86. The maximum atomic E-state index is 12.9. The lowest BCUT2D eigenvalue weighted by atomic mass is 10.0. The molecule has 0 aliphatic carbocycles. The number of nitriles is 1. The summed E-state index contributed by atoms with van der Waals surface area (Å²) >= 11 is 0. The van der Waals surface area contributed by atoms with Crippen molar-refractivity contribution in [3.05, 3.63) is 77.6 Å². The highest BCUT2D eigenvalue weighted by molar-refractivity contribution is 7.92. The lowest BCUT2D eigenvalue weighted by molar-refractivity contribution is 0.594. The Hall–Kier alpha value is -3.17. The first-order chi connectivity index (χ1) is 12.8. The quantitative estimate of drug-likeness (QED) is 0.687. The molecule has 0 unspecified atom stereocenters. The fourth-order valence-corrected chi connectivity index (χ4v) is 3.93. The minimum absolute atomic E-state index is 0.248. The van der Waals surface area contributed by atoms with E-state index in [1.807, 2.05) is 38.1 Å². The maximum Gasteiger partial charge on any atom is 0.264 e. The summed E-state index contributed by atoms with van der Waals surface area (Å²) in [6.07, 6.45) is 1.62. The molecule has 5 nitrogen and oxygen atoms in total. The average Bonchev–Trinajstić information content (AvgIpc) is 2.68. The van der Waals surface area contributed by atoms with Gasteiger partial charge in [0.2, 0.25) is 0 Å². The molecule has 136 valence electrons. The molecule has 6 heteroatoms. The van der Waals surface area contributed by atoms with Gasteiger partial charge < -0.3 is 0 Å². The zero-order valence-electron chi connectivity index (χ0n) is 15.3. The van der Waals surface area contributed by atoms with Gasteiger partial charge in [0.25, 0.3) is 10.0 Å². The highest BCUT2D eigenvalue weighted by Crippen LogP contribution is 2.30. The Bertz CT molecular complexity index is 1110. The van der Waals surface area contributed by atoms with Crippen LogP contribution < -0.4 is 4.31 Å². The van der Waals surface area contributed by atoms with Crippen molar-refractivity contribution in [2.24, 2.45) is 0 Å². The minimum atomic E-state index is -3.66.